The van der Waals surface area contributed by atoms with Gasteiger partial charge in [0.2, 0.25) is 0 Å². The predicted molar refractivity (Wildman–Crippen MR) is 51.6 cm³/mol. The summed E-state index contributed by atoms with van der Waals surface area (Å²) in [6.07, 6.45) is 4.05. The first-order chi connectivity index (χ1) is 7.15. The van der Waals surface area contributed by atoms with Gasteiger partial charge in [0, 0.05) is 12.4 Å². The fraction of sp³-hybridized carbons (Fsp3) is 0.400. The summed E-state index contributed by atoms with van der Waals surface area (Å²) in [4.78, 5) is 19.2. The summed E-state index contributed by atoms with van der Waals surface area (Å²) in [5, 5.41) is 8.84. The van der Waals surface area contributed by atoms with Crippen LogP contribution in [-0.4, -0.2) is 22.0 Å². The second-order valence-electron chi connectivity index (χ2n) is 3.18. The number of aromatic nitrogens is 2. The molecule has 0 radical (unpaired) electrons. The van der Waals surface area contributed by atoms with E-state index in [1.807, 2.05) is 6.07 Å². The molecule has 78 valence electrons. The molecule has 5 nitrogen and oxygen atoms in total. The van der Waals surface area contributed by atoms with Gasteiger partial charge < -0.3 is 4.74 Å². The van der Waals surface area contributed by atoms with Crippen LogP contribution in [0.5, 0.6) is 0 Å². The Hall–Kier alpha value is -1.96. The molecule has 0 bridgehead atoms. The highest BCUT2D eigenvalue weighted by atomic mass is 16.5. The minimum absolute atomic E-state index is 0.245. The Balaban J connectivity index is 2.82. The molecule has 1 aromatic heterocycles. The Morgan fingerprint density at radius 1 is 1.53 bits per heavy atom. The number of nitriles is 1. The van der Waals surface area contributed by atoms with Crippen LogP contribution in [-0.2, 0) is 9.53 Å². The van der Waals surface area contributed by atoms with Crippen molar-refractivity contribution in [3.8, 4) is 6.07 Å². The zero-order valence-corrected chi connectivity index (χ0v) is 8.54. The van der Waals surface area contributed by atoms with E-state index >= 15 is 0 Å². The van der Waals surface area contributed by atoms with E-state index in [0.29, 0.717) is 5.69 Å². The third kappa shape index (κ3) is 3.02. The SMILES string of the molecule is CC(C)OC(=O)C(C#N)c1cnccn1. The van der Waals surface area contributed by atoms with Crippen molar-refractivity contribution in [1.82, 2.24) is 9.97 Å². The van der Waals surface area contributed by atoms with Gasteiger partial charge in [0.25, 0.3) is 0 Å². The quantitative estimate of drug-likeness (QED) is 0.689. The van der Waals surface area contributed by atoms with E-state index in [1.54, 1.807) is 13.8 Å². The molecule has 1 rings (SSSR count). The number of hydrogen-bond acceptors (Lipinski definition) is 5. The maximum absolute atomic E-state index is 11.5. The largest absolute Gasteiger partial charge is 0.462 e. The zero-order chi connectivity index (χ0) is 11.3. The first kappa shape index (κ1) is 11.1. The van der Waals surface area contributed by atoms with Gasteiger partial charge in [0.1, 0.15) is 0 Å². The molecule has 0 N–H and O–H groups in total. The lowest BCUT2D eigenvalue weighted by molar-refractivity contribution is -0.147. The molecule has 0 amide bonds. The fourth-order valence-corrected chi connectivity index (χ4v) is 1.000. The number of hydrogen-bond donors (Lipinski definition) is 0. The van der Waals surface area contributed by atoms with Gasteiger partial charge in [0.15, 0.2) is 5.92 Å². The molecule has 15 heavy (non-hydrogen) atoms. The van der Waals surface area contributed by atoms with Crippen molar-refractivity contribution in [3.63, 3.8) is 0 Å². The average molecular weight is 205 g/mol. The van der Waals surface area contributed by atoms with Gasteiger partial charge in [0.05, 0.1) is 24.1 Å². The topological polar surface area (TPSA) is 75.9 Å². The number of nitrogens with zero attached hydrogens (tertiary/aromatic N) is 3. The van der Waals surface area contributed by atoms with E-state index in [-0.39, 0.29) is 6.10 Å². The number of rotatable bonds is 3. The molecule has 1 atom stereocenters. The molecular formula is C10H11N3O2. The molecule has 0 aliphatic carbocycles. The summed E-state index contributed by atoms with van der Waals surface area (Å²) in [6.45, 7) is 3.45. The molecule has 1 unspecified atom stereocenters. The summed E-state index contributed by atoms with van der Waals surface area (Å²) < 4.78 is 4.93. The second-order valence-corrected chi connectivity index (χ2v) is 3.18. The van der Waals surface area contributed by atoms with Crippen LogP contribution in [0.3, 0.4) is 0 Å². The highest BCUT2D eigenvalue weighted by Gasteiger charge is 2.24. The second kappa shape index (κ2) is 5.05. The summed E-state index contributed by atoms with van der Waals surface area (Å²) in [5.74, 6) is -1.59. The molecule has 0 saturated heterocycles. The van der Waals surface area contributed by atoms with E-state index in [4.69, 9.17) is 10.00 Å². The predicted octanol–water partition coefficient (Wildman–Crippen LogP) is 1.04. The fourth-order valence-electron chi connectivity index (χ4n) is 1.000. The molecule has 0 fully saturated rings. The lowest BCUT2D eigenvalue weighted by atomic mass is 10.1. The molecule has 0 saturated carbocycles. The first-order valence-electron chi connectivity index (χ1n) is 4.51. The smallest absolute Gasteiger partial charge is 0.329 e. The van der Waals surface area contributed by atoms with E-state index in [2.05, 4.69) is 9.97 Å². The van der Waals surface area contributed by atoms with Crippen LogP contribution in [0.25, 0.3) is 0 Å². The number of carbonyl (C=O) groups excluding carboxylic acids is 1. The number of esters is 1. The molecule has 1 aromatic rings. The molecule has 1 heterocycles. The van der Waals surface area contributed by atoms with Crippen molar-refractivity contribution in [2.45, 2.75) is 25.9 Å². The maximum Gasteiger partial charge on any atom is 0.329 e. The van der Waals surface area contributed by atoms with Gasteiger partial charge in [-0.05, 0) is 13.8 Å². The zero-order valence-electron chi connectivity index (χ0n) is 8.54. The van der Waals surface area contributed by atoms with Gasteiger partial charge in [-0.1, -0.05) is 0 Å². The normalized spacial score (nSPS) is 11.9. The van der Waals surface area contributed by atoms with Crippen molar-refractivity contribution in [3.05, 3.63) is 24.3 Å². The maximum atomic E-state index is 11.5. The summed E-state index contributed by atoms with van der Waals surface area (Å²) >= 11 is 0. The van der Waals surface area contributed by atoms with Crippen LogP contribution in [0, 0.1) is 11.3 Å². The molecule has 0 aliphatic rings. The molecule has 0 spiro atoms. The van der Waals surface area contributed by atoms with Gasteiger partial charge in [-0.25, -0.2) is 0 Å². The Bertz CT molecular complexity index is 370. The Morgan fingerprint density at radius 3 is 2.73 bits per heavy atom. The average Bonchev–Trinajstić information content (AvgIpc) is 2.19. The van der Waals surface area contributed by atoms with Gasteiger partial charge in [-0.15, -0.1) is 0 Å². The van der Waals surface area contributed by atoms with Crippen LogP contribution in [0.2, 0.25) is 0 Å². The van der Waals surface area contributed by atoms with E-state index in [9.17, 15) is 4.79 Å². The van der Waals surface area contributed by atoms with Crippen molar-refractivity contribution >= 4 is 5.97 Å². The molecule has 5 heteroatoms. The molecule has 0 aromatic carbocycles. The summed E-state index contributed by atoms with van der Waals surface area (Å²) in [5.41, 5.74) is 0.311. The lowest BCUT2D eigenvalue weighted by Gasteiger charge is -2.10. The summed E-state index contributed by atoms with van der Waals surface area (Å²) in [7, 11) is 0. The van der Waals surface area contributed by atoms with E-state index in [0.717, 1.165) is 0 Å². The highest BCUT2D eigenvalue weighted by molar-refractivity contribution is 5.80. The van der Waals surface area contributed by atoms with Gasteiger partial charge in [-0.2, -0.15) is 5.26 Å². The first-order valence-corrected chi connectivity index (χ1v) is 4.51. The van der Waals surface area contributed by atoms with Crippen molar-refractivity contribution in [2.75, 3.05) is 0 Å². The Labute approximate surface area is 87.7 Å². The third-order valence-electron chi connectivity index (χ3n) is 1.60. The van der Waals surface area contributed by atoms with Gasteiger partial charge in [-0.3, -0.25) is 14.8 Å². The lowest BCUT2D eigenvalue weighted by Crippen LogP contribution is -2.19. The monoisotopic (exact) mass is 205 g/mol. The minimum atomic E-state index is -0.999. The van der Waals surface area contributed by atoms with Crippen LogP contribution in [0.1, 0.15) is 25.5 Å². The summed E-state index contributed by atoms with van der Waals surface area (Å²) in [6, 6.07) is 1.85. The molecule has 0 aliphatic heterocycles. The van der Waals surface area contributed by atoms with Gasteiger partial charge >= 0.3 is 5.97 Å². The van der Waals surface area contributed by atoms with E-state index in [1.165, 1.54) is 18.6 Å². The van der Waals surface area contributed by atoms with Crippen LogP contribution in [0.15, 0.2) is 18.6 Å². The number of carbonyl (C=O) groups is 1. The third-order valence-corrected chi connectivity index (χ3v) is 1.60. The Morgan fingerprint density at radius 2 is 2.27 bits per heavy atom. The van der Waals surface area contributed by atoms with E-state index < -0.39 is 11.9 Å². The van der Waals surface area contributed by atoms with Crippen LogP contribution < -0.4 is 0 Å². The van der Waals surface area contributed by atoms with Crippen LogP contribution >= 0.6 is 0 Å². The Kier molecular flexibility index (Phi) is 3.75. The number of ether oxygens (including phenoxy) is 1. The van der Waals surface area contributed by atoms with Crippen molar-refractivity contribution in [1.29, 1.82) is 5.26 Å². The minimum Gasteiger partial charge on any atom is -0.462 e. The van der Waals surface area contributed by atoms with Crippen molar-refractivity contribution < 1.29 is 9.53 Å². The standard InChI is InChI=1S/C10H11N3O2/c1-7(2)15-10(14)8(5-11)9-6-12-3-4-13-9/h3-4,6-8H,1-2H3. The van der Waals surface area contributed by atoms with Crippen LogP contribution in [0.4, 0.5) is 0 Å². The molecular weight excluding hydrogens is 194 g/mol. The highest BCUT2D eigenvalue weighted by Crippen LogP contribution is 2.13. The van der Waals surface area contributed by atoms with Crippen molar-refractivity contribution in [2.24, 2.45) is 0 Å².